The van der Waals surface area contributed by atoms with E-state index >= 15 is 0 Å². The van der Waals surface area contributed by atoms with Gasteiger partial charge in [0, 0.05) is 16.8 Å². The van der Waals surface area contributed by atoms with E-state index in [2.05, 4.69) is 19.2 Å². The highest BCUT2D eigenvalue weighted by atomic mass is 32.1. The van der Waals surface area contributed by atoms with Gasteiger partial charge in [-0.2, -0.15) is 0 Å². The van der Waals surface area contributed by atoms with Crippen LogP contribution in [0.3, 0.4) is 0 Å². The van der Waals surface area contributed by atoms with Gasteiger partial charge in [0.2, 0.25) is 0 Å². The van der Waals surface area contributed by atoms with Crippen LogP contribution in [-0.4, -0.2) is 12.5 Å². The van der Waals surface area contributed by atoms with Crippen molar-refractivity contribution in [2.45, 2.75) is 46.5 Å². The summed E-state index contributed by atoms with van der Waals surface area (Å²) in [5, 5.41) is 4.89. The third-order valence-electron chi connectivity index (χ3n) is 2.66. The average Bonchev–Trinajstić information content (AvgIpc) is 2.69. The largest absolute Gasteiger partial charge is 0.352 e. The summed E-state index contributed by atoms with van der Waals surface area (Å²) in [6.07, 6.45) is 4.41. The lowest BCUT2D eigenvalue weighted by molar-refractivity contribution is 0.0955. The molecule has 0 aliphatic rings. The van der Waals surface area contributed by atoms with Gasteiger partial charge in [-0.3, -0.25) is 4.79 Å². The fraction of sp³-hybridized carbons (Fsp3) is 0.615. The van der Waals surface area contributed by atoms with Gasteiger partial charge in [0.25, 0.3) is 5.91 Å². The molecule has 0 aromatic carbocycles. The first-order valence-electron chi connectivity index (χ1n) is 6.11. The fourth-order valence-electron chi connectivity index (χ4n) is 1.79. The van der Waals surface area contributed by atoms with Gasteiger partial charge < -0.3 is 5.32 Å². The summed E-state index contributed by atoms with van der Waals surface area (Å²) in [7, 11) is 0. The topological polar surface area (TPSA) is 29.1 Å². The summed E-state index contributed by atoms with van der Waals surface area (Å²) in [5.41, 5.74) is 2.18. The lowest BCUT2D eigenvalue weighted by atomic mass is 10.0. The summed E-state index contributed by atoms with van der Waals surface area (Å²) in [6.45, 7) is 6.99. The van der Waals surface area contributed by atoms with E-state index < -0.39 is 0 Å². The summed E-state index contributed by atoms with van der Waals surface area (Å²) >= 11 is 1.72. The van der Waals surface area contributed by atoms with Crippen molar-refractivity contribution in [1.82, 2.24) is 5.32 Å². The number of hydrogen-bond donors (Lipinski definition) is 1. The highest BCUT2D eigenvalue weighted by molar-refractivity contribution is 7.10. The Bertz CT molecular complexity index is 344. The van der Waals surface area contributed by atoms with E-state index in [1.807, 2.05) is 12.3 Å². The van der Waals surface area contributed by atoms with E-state index in [0.29, 0.717) is 6.54 Å². The van der Waals surface area contributed by atoms with Crippen LogP contribution in [0.2, 0.25) is 0 Å². The third kappa shape index (κ3) is 3.08. The monoisotopic (exact) mass is 239 g/mol. The number of unbranched alkanes of at least 4 members (excludes halogenated alkanes) is 1. The van der Waals surface area contributed by atoms with Crippen LogP contribution in [0.4, 0.5) is 0 Å². The number of amides is 1. The second-order valence-electron chi connectivity index (χ2n) is 3.87. The maximum absolute atomic E-state index is 11.9. The molecule has 0 fully saturated rings. The molecule has 0 atom stereocenters. The van der Waals surface area contributed by atoms with Crippen molar-refractivity contribution in [1.29, 1.82) is 0 Å². The molecule has 0 saturated heterocycles. The minimum absolute atomic E-state index is 0.0875. The lowest BCUT2D eigenvalue weighted by Gasteiger charge is -2.06. The van der Waals surface area contributed by atoms with Gasteiger partial charge in [0.05, 0.1) is 5.56 Å². The molecule has 0 aliphatic carbocycles. The van der Waals surface area contributed by atoms with Gasteiger partial charge in [-0.15, -0.1) is 11.3 Å². The molecule has 1 rings (SSSR count). The van der Waals surface area contributed by atoms with Crippen molar-refractivity contribution in [3.63, 3.8) is 0 Å². The van der Waals surface area contributed by atoms with E-state index in [1.54, 1.807) is 11.3 Å². The van der Waals surface area contributed by atoms with E-state index in [9.17, 15) is 4.79 Å². The predicted molar refractivity (Wildman–Crippen MR) is 70.3 cm³/mol. The third-order valence-corrected chi connectivity index (χ3v) is 3.84. The standard InChI is InChI=1S/C13H21NOS/c1-4-7-8-10-11(13(15)14-6-3)9-16-12(10)5-2/h9H,4-8H2,1-3H3,(H,14,15). The molecule has 0 radical (unpaired) electrons. The number of thiophene rings is 1. The highest BCUT2D eigenvalue weighted by Gasteiger charge is 2.15. The highest BCUT2D eigenvalue weighted by Crippen LogP contribution is 2.25. The van der Waals surface area contributed by atoms with Crippen LogP contribution in [0, 0.1) is 0 Å². The Hall–Kier alpha value is -0.830. The lowest BCUT2D eigenvalue weighted by Crippen LogP contribution is -2.23. The van der Waals surface area contributed by atoms with Crippen LogP contribution < -0.4 is 5.32 Å². The Morgan fingerprint density at radius 3 is 2.69 bits per heavy atom. The number of hydrogen-bond acceptors (Lipinski definition) is 2. The zero-order chi connectivity index (χ0) is 12.0. The van der Waals surface area contributed by atoms with E-state index in [1.165, 1.54) is 16.9 Å². The van der Waals surface area contributed by atoms with Crippen LogP contribution >= 0.6 is 11.3 Å². The maximum Gasteiger partial charge on any atom is 0.252 e. The minimum Gasteiger partial charge on any atom is -0.352 e. The molecule has 1 aromatic rings. The normalized spacial score (nSPS) is 10.4. The molecule has 0 unspecified atom stereocenters. The van der Waals surface area contributed by atoms with Crippen molar-refractivity contribution in [2.24, 2.45) is 0 Å². The molecule has 0 spiro atoms. The summed E-state index contributed by atoms with van der Waals surface area (Å²) in [4.78, 5) is 13.2. The summed E-state index contributed by atoms with van der Waals surface area (Å²) < 4.78 is 0. The van der Waals surface area contributed by atoms with Crippen molar-refractivity contribution < 1.29 is 4.79 Å². The Morgan fingerprint density at radius 2 is 2.12 bits per heavy atom. The number of nitrogens with one attached hydrogen (secondary N) is 1. The number of aryl methyl sites for hydroxylation is 1. The van der Waals surface area contributed by atoms with Gasteiger partial charge in [-0.25, -0.2) is 0 Å². The zero-order valence-electron chi connectivity index (χ0n) is 10.4. The molecule has 16 heavy (non-hydrogen) atoms. The molecule has 3 heteroatoms. The minimum atomic E-state index is 0.0875. The summed E-state index contributed by atoms with van der Waals surface area (Å²) in [6, 6.07) is 0. The maximum atomic E-state index is 11.9. The van der Waals surface area contributed by atoms with Crippen molar-refractivity contribution in [3.8, 4) is 0 Å². The first-order valence-corrected chi connectivity index (χ1v) is 6.99. The molecule has 1 amide bonds. The average molecular weight is 239 g/mol. The Kier molecular flexibility index (Phi) is 5.53. The van der Waals surface area contributed by atoms with E-state index in [4.69, 9.17) is 0 Å². The van der Waals surface area contributed by atoms with Crippen LogP contribution in [0.1, 0.15) is 54.4 Å². The van der Waals surface area contributed by atoms with Gasteiger partial charge in [0.1, 0.15) is 0 Å². The molecular weight excluding hydrogens is 218 g/mol. The van der Waals surface area contributed by atoms with Gasteiger partial charge in [-0.05, 0) is 31.7 Å². The SMILES string of the molecule is CCCCc1c(C(=O)NCC)csc1CC. The molecule has 0 saturated carbocycles. The molecule has 0 bridgehead atoms. The quantitative estimate of drug-likeness (QED) is 0.810. The number of carbonyl (C=O) groups is 1. The summed E-state index contributed by atoms with van der Waals surface area (Å²) in [5.74, 6) is 0.0875. The zero-order valence-corrected chi connectivity index (χ0v) is 11.2. The van der Waals surface area contributed by atoms with Crippen LogP contribution in [0.15, 0.2) is 5.38 Å². The predicted octanol–water partition coefficient (Wildman–Crippen LogP) is 3.40. The first-order chi connectivity index (χ1) is 7.74. The second-order valence-corrected chi connectivity index (χ2v) is 4.83. The molecular formula is C13H21NOS. The Balaban J connectivity index is 2.90. The van der Waals surface area contributed by atoms with Gasteiger partial charge in [0.15, 0.2) is 0 Å². The van der Waals surface area contributed by atoms with Crippen molar-refractivity contribution in [2.75, 3.05) is 6.54 Å². The van der Waals surface area contributed by atoms with E-state index in [0.717, 1.165) is 24.8 Å². The fourth-order valence-corrected chi connectivity index (χ4v) is 2.82. The van der Waals surface area contributed by atoms with Crippen LogP contribution in [0.5, 0.6) is 0 Å². The van der Waals surface area contributed by atoms with Crippen LogP contribution in [-0.2, 0) is 12.8 Å². The second kappa shape index (κ2) is 6.69. The van der Waals surface area contributed by atoms with Gasteiger partial charge >= 0.3 is 0 Å². The molecule has 2 nitrogen and oxygen atoms in total. The number of carbonyl (C=O) groups excluding carboxylic acids is 1. The molecule has 1 aromatic heterocycles. The molecule has 0 aliphatic heterocycles. The molecule has 90 valence electrons. The first kappa shape index (κ1) is 13.2. The number of rotatable bonds is 6. The smallest absolute Gasteiger partial charge is 0.252 e. The molecule has 1 heterocycles. The Labute approximate surface area is 102 Å². The van der Waals surface area contributed by atoms with Crippen LogP contribution in [0.25, 0.3) is 0 Å². The van der Waals surface area contributed by atoms with Gasteiger partial charge in [-0.1, -0.05) is 20.3 Å². The van der Waals surface area contributed by atoms with Crippen molar-refractivity contribution in [3.05, 3.63) is 21.4 Å². The van der Waals surface area contributed by atoms with Crippen molar-refractivity contribution >= 4 is 17.2 Å². The Morgan fingerprint density at radius 1 is 1.38 bits per heavy atom. The van der Waals surface area contributed by atoms with E-state index in [-0.39, 0.29) is 5.91 Å². The molecule has 1 N–H and O–H groups in total.